The molecule has 0 spiro atoms. The molecule has 1 aliphatic heterocycles. The van der Waals surface area contributed by atoms with Gasteiger partial charge < -0.3 is 10.6 Å². The number of nitrogens with zero attached hydrogens (tertiary/aromatic N) is 4. The predicted octanol–water partition coefficient (Wildman–Crippen LogP) is -0.569. The topological polar surface area (TPSA) is 113 Å². The number of guanidine groups is 1. The first-order valence-electron chi connectivity index (χ1n) is 8.14. The van der Waals surface area contributed by atoms with Gasteiger partial charge in [-0.15, -0.1) is 0 Å². The van der Waals surface area contributed by atoms with Gasteiger partial charge in [0.15, 0.2) is 11.8 Å². The third-order valence-electron chi connectivity index (χ3n) is 3.74. The number of rotatable bonds is 6. The average molecular weight is 357 g/mol. The lowest BCUT2D eigenvalue weighted by Crippen LogP contribution is -2.48. The summed E-state index contributed by atoms with van der Waals surface area (Å²) in [4.78, 5) is 8.76. The molecule has 24 heavy (non-hydrogen) atoms. The maximum Gasteiger partial charge on any atom is 0.208 e. The Hall–Kier alpha value is -1.68. The van der Waals surface area contributed by atoms with Crippen molar-refractivity contribution in [1.29, 1.82) is 0 Å². The molecule has 10 heteroatoms. The Morgan fingerprint density at radius 3 is 2.79 bits per heavy atom. The summed E-state index contributed by atoms with van der Waals surface area (Å²) in [6.07, 6.45) is 2.98. The molecule has 0 bridgehead atoms. The summed E-state index contributed by atoms with van der Waals surface area (Å²) in [5.41, 5.74) is 0. The third-order valence-corrected chi connectivity index (χ3v) is 4.47. The zero-order valence-corrected chi connectivity index (χ0v) is 15.5. The monoisotopic (exact) mass is 357 g/mol. The largest absolute Gasteiger partial charge is 0.355 e. The highest BCUT2D eigenvalue weighted by molar-refractivity contribution is 7.88. The number of fused-ring (bicyclic) bond motifs is 1. The van der Waals surface area contributed by atoms with Crippen LogP contribution in [0.4, 0.5) is 0 Å². The number of aliphatic imine (C=N–C) groups is 1. The maximum atomic E-state index is 11.0. The number of hydrogen-bond acceptors (Lipinski definition) is 5. The number of aromatic nitrogens is 3. The lowest BCUT2D eigenvalue weighted by atomic mass is 10.1. The Labute approximate surface area is 143 Å². The molecule has 2 rings (SSSR count). The second-order valence-electron chi connectivity index (χ2n) is 6.27. The van der Waals surface area contributed by atoms with Gasteiger partial charge in [-0.3, -0.25) is 4.99 Å². The van der Waals surface area contributed by atoms with Crippen molar-refractivity contribution < 1.29 is 8.42 Å². The van der Waals surface area contributed by atoms with E-state index in [0.717, 1.165) is 37.3 Å². The van der Waals surface area contributed by atoms with Crippen LogP contribution in [0.25, 0.3) is 0 Å². The van der Waals surface area contributed by atoms with Crippen molar-refractivity contribution in [2.24, 2.45) is 4.99 Å². The van der Waals surface area contributed by atoms with E-state index < -0.39 is 10.0 Å². The molecule has 2 heterocycles. The Balaban J connectivity index is 1.84. The Kier molecular flexibility index (Phi) is 6.16. The van der Waals surface area contributed by atoms with Crippen LogP contribution in [0.1, 0.15) is 37.8 Å². The minimum absolute atomic E-state index is 0.216. The van der Waals surface area contributed by atoms with Crippen LogP contribution in [0.2, 0.25) is 0 Å². The molecule has 0 radical (unpaired) electrons. The molecule has 0 aromatic carbocycles. The van der Waals surface area contributed by atoms with Crippen molar-refractivity contribution in [3.8, 4) is 0 Å². The standard InChI is InChI=1S/C14H27N7O2S/c1-10(2)13-19-12-6-5-11(9-21(12)20-13)18-14(15-3)16-7-8-17-24(4,22)23/h10-11,17H,5-9H2,1-4H3,(H2,15,16,18). The van der Waals surface area contributed by atoms with Crippen LogP contribution in [-0.2, 0) is 23.0 Å². The van der Waals surface area contributed by atoms with Gasteiger partial charge in [-0.25, -0.2) is 22.8 Å². The zero-order valence-electron chi connectivity index (χ0n) is 14.7. The van der Waals surface area contributed by atoms with Gasteiger partial charge in [-0.05, 0) is 6.42 Å². The summed E-state index contributed by atoms with van der Waals surface area (Å²) >= 11 is 0. The molecule has 0 amide bonds. The molecule has 1 aliphatic rings. The molecular formula is C14H27N7O2S. The first kappa shape index (κ1) is 18.7. The van der Waals surface area contributed by atoms with Crippen molar-refractivity contribution in [3.63, 3.8) is 0 Å². The number of sulfonamides is 1. The predicted molar refractivity (Wildman–Crippen MR) is 93.6 cm³/mol. The first-order chi connectivity index (χ1) is 11.3. The summed E-state index contributed by atoms with van der Waals surface area (Å²) < 4.78 is 26.5. The zero-order chi connectivity index (χ0) is 17.7. The van der Waals surface area contributed by atoms with Crippen LogP contribution >= 0.6 is 0 Å². The minimum atomic E-state index is -3.16. The number of nitrogens with one attached hydrogen (secondary N) is 3. The second kappa shape index (κ2) is 7.93. The number of aryl methyl sites for hydroxylation is 1. The summed E-state index contributed by atoms with van der Waals surface area (Å²) in [6.45, 7) is 5.71. The van der Waals surface area contributed by atoms with Gasteiger partial charge in [0.25, 0.3) is 0 Å². The average Bonchev–Trinajstić information content (AvgIpc) is 2.92. The molecule has 0 saturated carbocycles. The maximum absolute atomic E-state index is 11.0. The molecule has 1 aromatic heterocycles. The fraction of sp³-hybridized carbons (Fsp3) is 0.786. The molecule has 0 fully saturated rings. The summed E-state index contributed by atoms with van der Waals surface area (Å²) in [7, 11) is -1.47. The van der Waals surface area contributed by atoms with Gasteiger partial charge in [-0.1, -0.05) is 13.8 Å². The van der Waals surface area contributed by atoms with Crippen LogP contribution in [0.5, 0.6) is 0 Å². The molecule has 9 nitrogen and oxygen atoms in total. The first-order valence-corrected chi connectivity index (χ1v) is 10.0. The van der Waals surface area contributed by atoms with Crippen molar-refractivity contribution >= 4 is 16.0 Å². The van der Waals surface area contributed by atoms with Crippen LogP contribution in [0.15, 0.2) is 4.99 Å². The summed E-state index contributed by atoms with van der Waals surface area (Å²) in [5, 5.41) is 11.0. The van der Waals surface area contributed by atoms with Crippen molar-refractivity contribution in [1.82, 2.24) is 30.1 Å². The molecule has 1 atom stereocenters. The molecule has 1 aromatic rings. The summed E-state index contributed by atoms with van der Waals surface area (Å²) in [6, 6.07) is 0.216. The van der Waals surface area contributed by atoms with E-state index in [-0.39, 0.29) is 6.04 Å². The quantitative estimate of drug-likeness (QED) is 0.357. The van der Waals surface area contributed by atoms with E-state index in [0.29, 0.717) is 25.0 Å². The van der Waals surface area contributed by atoms with E-state index in [1.807, 2.05) is 4.68 Å². The molecule has 3 N–H and O–H groups in total. The van der Waals surface area contributed by atoms with Crippen molar-refractivity contribution in [2.75, 3.05) is 26.4 Å². The Morgan fingerprint density at radius 2 is 2.17 bits per heavy atom. The second-order valence-corrected chi connectivity index (χ2v) is 8.10. The fourth-order valence-corrected chi connectivity index (χ4v) is 2.97. The summed E-state index contributed by atoms with van der Waals surface area (Å²) in [5.74, 6) is 2.91. The van der Waals surface area contributed by atoms with Gasteiger partial charge in [0.1, 0.15) is 5.82 Å². The van der Waals surface area contributed by atoms with Crippen LogP contribution in [0, 0.1) is 0 Å². The highest BCUT2D eigenvalue weighted by atomic mass is 32.2. The van der Waals surface area contributed by atoms with Gasteiger partial charge in [-0.2, -0.15) is 5.10 Å². The lowest BCUT2D eigenvalue weighted by molar-refractivity contribution is 0.391. The van der Waals surface area contributed by atoms with E-state index in [4.69, 9.17) is 0 Å². The van der Waals surface area contributed by atoms with Crippen molar-refractivity contribution in [2.45, 2.75) is 45.2 Å². The normalized spacial score (nSPS) is 18.5. The van der Waals surface area contributed by atoms with Gasteiger partial charge in [0, 0.05) is 38.5 Å². The van der Waals surface area contributed by atoms with E-state index in [1.54, 1.807) is 7.05 Å². The molecule has 1 unspecified atom stereocenters. The smallest absolute Gasteiger partial charge is 0.208 e. The minimum Gasteiger partial charge on any atom is -0.355 e. The van der Waals surface area contributed by atoms with Crippen LogP contribution in [0.3, 0.4) is 0 Å². The van der Waals surface area contributed by atoms with E-state index in [1.165, 1.54) is 0 Å². The van der Waals surface area contributed by atoms with Crippen LogP contribution in [-0.4, -0.2) is 61.6 Å². The molecule has 0 saturated heterocycles. The van der Waals surface area contributed by atoms with E-state index in [9.17, 15) is 8.42 Å². The van der Waals surface area contributed by atoms with Crippen LogP contribution < -0.4 is 15.4 Å². The highest BCUT2D eigenvalue weighted by Crippen LogP contribution is 2.16. The van der Waals surface area contributed by atoms with E-state index in [2.05, 4.69) is 44.3 Å². The SMILES string of the molecule is CN=C(NCCNS(C)(=O)=O)NC1CCc2nc(C(C)C)nn2C1. The molecule has 0 aliphatic carbocycles. The highest BCUT2D eigenvalue weighted by Gasteiger charge is 2.23. The third kappa shape index (κ3) is 5.45. The lowest BCUT2D eigenvalue weighted by Gasteiger charge is -2.25. The Bertz CT molecular complexity index is 681. The fourth-order valence-electron chi connectivity index (χ4n) is 2.50. The molecule has 136 valence electrons. The molecular weight excluding hydrogens is 330 g/mol. The van der Waals surface area contributed by atoms with Gasteiger partial charge >= 0.3 is 0 Å². The number of hydrogen-bond donors (Lipinski definition) is 3. The van der Waals surface area contributed by atoms with Crippen molar-refractivity contribution in [3.05, 3.63) is 11.6 Å². The van der Waals surface area contributed by atoms with Gasteiger partial charge in [0.05, 0.1) is 12.8 Å². The van der Waals surface area contributed by atoms with Gasteiger partial charge in [0.2, 0.25) is 10.0 Å². The van der Waals surface area contributed by atoms with E-state index >= 15 is 0 Å². The Morgan fingerprint density at radius 1 is 1.42 bits per heavy atom.